The average molecular weight is 268 g/mol. The Kier molecular flexibility index (Phi) is 5.25. The van der Waals surface area contributed by atoms with Crippen LogP contribution in [0.3, 0.4) is 0 Å². The number of nitro groups is 1. The van der Waals surface area contributed by atoms with Crippen molar-refractivity contribution in [1.82, 2.24) is 0 Å². The maximum atomic E-state index is 11.1. The summed E-state index contributed by atoms with van der Waals surface area (Å²) in [4.78, 5) is 21.4. The van der Waals surface area contributed by atoms with E-state index in [-0.39, 0.29) is 18.7 Å². The fourth-order valence-corrected chi connectivity index (χ4v) is 1.52. The van der Waals surface area contributed by atoms with Crippen molar-refractivity contribution in [2.75, 3.05) is 13.7 Å². The number of nitrogens with zero attached hydrogens (tertiary/aromatic N) is 1. The van der Waals surface area contributed by atoms with Crippen molar-refractivity contribution >= 4 is 11.7 Å². The third kappa shape index (κ3) is 3.92. The molecule has 0 aliphatic rings. The first-order valence-electron chi connectivity index (χ1n) is 5.67. The lowest BCUT2D eigenvalue weighted by Crippen LogP contribution is -2.33. The third-order valence-electron chi connectivity index (χ3n) is 2.64. The topological polar surface area (TPSA) is 105 Å². The lowest BCUT2D eigenvalue weighted by molar-refractivity contribution is -0.385. The van der Waals surface area contributed by atoms with Crippen molar-refractivity contribution in [1.29, 1.82) is 0 Å². The lowest BCUT2D eigenvalue weighted by atomic mass is 10.2. The average Bonchev–Trinajstić information content (AvgIpc) is 2.39. The summed E-state index contributed by atoms with van der Waals surface area (Å²) in [6.45, 7) is 1.78. The number of nitro benzene ring substituents is 1. The summed E-state index contributed by atoms with van der Waals surface area (Å²) in [5, 5.41) is 10.8. The zero-order valence-corrected chi connectivity index (χ0v) is 10.8. The molecule has 19 heavy (non-hydrogen) atoms. The fraction of sp³-hybridized carbons (Fsp3) is 0.417. The predicted octanol–water partition coefficient (Wildman–Crippen LogP) is 1.17. The van der Waals surface area contributed by atoms with Crippen LogP contribution in [0.4, 0.5) is 5.69 Å². The summed E-state index contributed by atoms with van der Waals surface area (Å²) in [5.41, 5.74) is 5.98. The molecule has 2 N–H and O–H groups in total. The maximum absolute atomic E-state index is 11.1. The fourth-order valence-electron chi connectivity index (χ4n) is 1.52. The van der Waals surface area contributed by atoms with Gasteiger partial charge in [0.25, 0.3) is 5.69 Å². The van der Waals surface area contributed by atoms with E-state index in [0.717, 1.165) is 0 Å². The van der Waals surface area contributed by atoms with E-state index in [1.807, 2.05) is 0 Å². The number of carbonyl (C=O) groups excluding carboxylic acids is 1. The SMILES string of the molecule is COC(=O)C(N)CCOc1cccc([N+](=O)[O-])c1C. The lowest BCUT2D eigenvalue weighted by Gasteiger charge is -2.11. The number of ether oxygens (including phenoxy) is 2. The molecule has 1 unspecified atom stereocenters. The van der Waals surface area contributed by atoms with E-state index in [4.69, 9.17) is 10.5 Å². The van der Waals surface area contributed by atoms with Gasteiger partial charge in [-0.3, -0.25) is 14.9 Å². The van der Waals surface area contributed by atoms with E-state index >= 15 is 0 Å². The van der Waals surface area contributed by atoms with Crippen molar-refractivity contribution in [2.24, 2.45) is 5.73 Å². The monoisotopic (exact) mass is 268 g/mol. The number of methoxy groups -OCH3 is 1. The summed E-state index contributed by atoms with van der Waals surface area (Å²) in [5.74, 6) is -0.106. The molecule has 0 fully saturated rings. The summed E-state index contributed by atoms with van der Waals surface area (Å²) in [6.07, 6.45) is 0.273. The van der Waals surface area contributed by atoms with Gasteiger partial charge in [-0.05, 0) is 13.0 Å². The van der Waals surface area contributed by atoms with Gasteiger partial charge in [0.15, 0.2) is 0 Å². The molecule has 7 heteroatoms. The van der Waals surface area contributed by atoms with Gasteiger partial charge in [0, 0.05) is 12.5 Å². The second kappa shape index (κ2) is 6.69. The van der Waals surface area contributed by atoms with Crippen molar-refractivity contribution in [3.05, 3.63) is 33.9 Å². The first kappa shape index (κ1) is 14.9. The van der Waals surface area contributed by atoms with Gasteiger partial charge in [-0.1, -0.05) is 6.07 Å². The molecule has 104 valence electrons. The van der Waals surface area contributed by atoms with E-state index in [0.29, 0.717) is 11.3 Å². The van der Waals surface area contributed by atoms with Crippen LogP contribution in [0, 0.1) is 17.0 Å². The number of hydrogen-bond donors (Lipinski definition) is 1. The van der Waals surface area contributed by atoms with Crippen LogP contribution in [0.1, 0.15) is 12.0 Å². The van der Waals surface area contributed by atoms with E-state index in [1.165, 1.54) is 13.2 Å². The Hall–Kier alpha value is -2.15. The van der Waals surface area contributed by atoms with Crippen LogP contribution < -0.4 is 10.5 Å². The molecule has 0 spiro atoms. The van der Waals surface area contributed by atoms with Gasteiger partial charge < -0.3 is 15.2 Å². The van der Waals surface area contributed by atoms with Crippen molar-refractivity contribution < 1.29 is 19.2 Å². The molecule has 0 aromatic heterocycles. The highest BCUT2D eigenvalue weighted by Gasteiger charge is 2.16. The van der Waals surface area contributed by atoms with Gasteiger partial charge in [-0.15, -0.1) is 0 Å². The zero-order valence-electron chi connectivity index (χ0n) is 10.8. The second-order valence-corrected chi connectivity index (χ2v) is 3.92. The molecule has 1 atom stereocenters. The molecule has 0 saturated heterocycles. The zero-order chi connectivity index (χ0) is 14.4. The molecular weight excluding hydrogens is 252 g/mol. The number of benzene rings is 1. The molecule has 0 radical (unpaired) electrons. The summed E-state index contributed by atoms with van der Waals surface area (Å²) in [6, 6.07) is 3.82. The van der Waals surface area contributed by atoms with Crippen LogP contribution in [-0.4, -0.2) is 30.7 Å². The minimum atomic E-state index is -0.760. The Morgan fingerprint density at radius 1 is 1.53 bits per heavy atom. The van der Waals surface area contributed by atoms with Crippen LogP contribution >= 0.6 is 0 Å². The highest BCUT2D eigenvalue weighted by molar-refractivity contribution is 5.75. The molecule has 1 aromatic carbocycles. The number of carbonyl (C=O) groups is 1. The first-order chi connectivity index (χ1) is 8.97. The van der Waals surface area contributed by atoms with Crippen LogP contribution in [-0.2, 0) is 9.53 Å². The largest absolute Gasteiger partial charge is 0.493 e. The van der Waals surface area contributed by atoms with Gasteiger partial charge in [-0.2, -0.15) is 0 Å². The summed E-state index contributed by atoms with van der Waals surface area (Å²) in [7, 11) is 1.26. The van der Waals surface area contributed by atoms with E-state index < -0.39 is 16.9 Å². The summed E-state index contributed by atoms with van der Waals surface area (Å²) < 4.78 is 9.88. The van der Waals surface area contributed by atoms with E-state index in [9.17, 15) is 14.9 Å². The predicted molar refractivity (Wildman–Crippen MR) is 67.9 cm³/mol. The quantitative estimate of drug-likeness (QED) is 0.471. The highest BCUT2D eigenvalue weighted by Crippen LogP contribution is 2.26. The third-order valence-corrected chi connectivity index (χ3v) is 2.64. The molecule has 0 amide bonds. The Labute approximate surface area is 110 Å². The maximum Gasteiger partial charge on any atom is 0.322 e. The standard InChI is InChI=1S/C12H16N2O5/c1-8-10(14(16)17)4-3-5-11(8)19-7-6-9(13)12(15)18-2/h3-5,9H,6-7,13H2,1-2H3. The van der Waals surface area contributed by atoms with Gasteiger partial charge >= 0.3 is 5.97 Å². The van der Waals surface area contributed by atoms with Gasteiger partial charge in [-0.25, -0.2) is 0 Å². The minimum Gasteiger partial charge on any atom is -0.493 e. The molecule has 0 aliphatic heterocycles. The molecule has 0 saturated carbocycles. The van der Waals surface area contributed by atoms with Crippen molar-refractivity contribution in [3.8, 4) is 5.75 Å². The molecule has 0 bridgehead atoms. The van der Waals surface area contributed by atoms with Crippen LogP contribution in [0.25, 0.3) is 0 Å². The number of nitrogens with two attached hydrogens (primary N) is 1. The smallest absolute Gasteiger partial charge is 0.322 e. The van der Waals surface area contributed by atoms with E-state index in [2.05, 4.69) is 4.74 Å². The highest BCUT2D eigenvalue weighted by atomic mass is 16.6. The van der Waals surface area contributed by atoms with Gasteiger partial charge in [0.2, 0.25) is 0 Å². The van der Waals surface area contributed by atoms with Crippen LogP contribution in [0.5, 0.6) is 5.75 Å². The Bertz CT molecular complexity index is 475. The minimum absolute atomic E-state index is 0.00485. The van der Waals surface area contributed by atoms with Gasteiger partial charge in [0.1, 0.15) is 11.8 Å². The molecule has 0 aliphatic carbocycles. The number of hydrogen-bond acceptors (Lipinski definition) is 6. The second-order valence-electron chi connectivity index (χ2n) is 3.92. The molecule has 7 nitrogen and oxygen atoms in total. The molecule has 0 heterocycles. The normalized spacial score (nSPS) is 11.7. The molecular formula is C12H16N2O5. The number of esters is 1. The first-order valence-corrected chi connectivity index (χ1v) is 5.67. The Morgan fingerprint density at radius 3 is 2.79 bits per heavy atom. The van der Waals surface area contributed by atoms with E-state index in [1.54, 1.807) is 19.1 Å². The van der Waals surface area contributed by atoms with Crippen LogP contribution in [0.2, 0.25) is 0 Å². The van der Waals surface area contributed by atoms with Crippen LogP contribution in [0.15, 0.2) is 18.2 Å². The van der Waals surface area contributed by atoms with Crippen molar-refractivity contribution in [2.45, 2.75) is 19.4 Å². The molecule has 1 aromatic rings. The molecule has 1 rings (SSSR count). The number of rotatable bonds is 6. The Balaban J connectivity index is 2.62. The van der Waals surface area contributed by atoms with Gasteiger partial charge in [0.05, 0.1) is 24.2 Å². The summed E-state index contributed by atoms with van der Waals surface area (Å²) >= 11 is 0. The van der Waals surface area contributed by atoms with Crippen molar-refractivity contribution in [3.63, 3.8) is 0 Å². The Morgan fingerprint density at radius 2 is 2.21 bits per heavy atom.